The lowest BCUT2D eigenvalue weighted by Crippen LogP contribution is -2.38. The van der Waals surface area contributed by atoms with Gasteiger partial charge in [0, 0.05) is 19.0 Å². The van der Waals surface area contributed by atoms with Crippen molar-refractivity contribution >= 4 is 11.9 Å². The van der Waals surface area contributed by atoms with Crippen LogP contribution in [0.1, 0.15) is 26.7 Å². The van der Waals surface area contributed by atoms with Crippen molar-refractivity contribution in [2.45, 2.75) is 38.8 Å². The molecule has 1 heterocycles. The van der Waals surface area contributed by atoms with Crippen molar-refractivity contribution in [3.63, 3.8) is 0 Å². The highest BCUT2D eigenvalue weighted by molar-refractivity contribution is 5.78. The predicted molar refractivity (Wildman–Crippen MR) is 55.3 cm³/mol. The molecule has 0 spiro atoms. The van der Waals surface area contributed by atoms with Crippen LogP contribution in [-0.4, -0.2) is 37.1 Å². The van der Waals surface area contributed by atoms with Crippen LogP contribution in [0.4, 0.5) is 0 Å². The van der Waals surface area contributed by atoms with E-state index in [0.29, 0.717) is 13.0 Å². The molecule has 2 N–H and O–H groups in total. The number of hydrogen-bond acceptors (Lipinski definition) is 4. The summed E-state index contributed by atoms with van der Waals surface area (Å²) in [5, 5.41) is 5.78. The van der Waals surface area contributed by atoms with Gasteiger partial charge in [0.05, 0.1) is 12.6 Å². The molecule has 1 amide bonds. The van der Waals surface area contributed by atoms with Crippen molar-refractivity contribution in [1.82, 2.24) is 10.6 Å². The van der Waals surface area contributed by atoms with Gasteiger partial charge in [0.25, 0.3) is 0 Å². The van der Waals surface area contributed by atoms with Crippen LogP contribution >= 0.6 is 0 Å². The van der Waals surface area contributed by atoms with E-state index in [4.69, 9.17) is 4.74 Å². The Kier molecular flexibility index (Phi) is 4.55. The number of carbonyl (C=O) groups excluding carboxylic acids is 2. The van der Waals surface area contributed by atoms with Crippen LogP contribution in [0.15, 0.2) is 0 Å². The number of carbonyl (C=O) groups is 2. The van der Waals surface area contributed by atoms with Gasteiger partial charge in [0.1, 0.15) is 0 Å². The topological polar surface area (TPSA) is 67.4 Å². The highest BCUT2D eigenvalue weighted by Crippen LogP contribution is 2.04. The fraction of sp³-hybridized carbons (Fsp3) is 0.800. The second kappa shape index (κ2) is 5.70. The highest BCUT2D eigenvalue weighted by atomic mass is 16.5. The molecule has 5 nitrogen and oxygen atoms in total. The molecule has 0 bridgehead atoms. The maximum absolute atomic E-state index is 11.1. The second-order valence-corrected chi connectivity index (χ2v) is 3.97. The lowest BCUT2D eigenvalue weighted by atomic mass is 10.2. The van der Waals surface area contributed by atoms with Gasteiger partial charge >= 0.3 is 5.97 Å². The van der Waals surface area contributed by atoms with Crippen molar-refractivity contribution in [3.05, 3.63) is 0 Å². The van der Waals surface area contributed by atoms with E-state index in [1.807, 2.05) is 13.8 Å². The van der Waals surface area contributed by atoms with Gasteiger partial charge in [-0.3, -0.25) is 9.59 Å². The number of hydrogen-bond donors (Lipinski definition) is 2. The molecule has 5 heteroatoms. The van der Waals surface area contributed by atoms with E-state index < -0.39 is 0 Å². The van der Waals surface area contributed by atoms with E-state index in [1.165, 1.54) is 0 Å². The molecule has 1 fully saturated rings. The maximum Gasteiger partial charge on any atom is 0.320 e. The first kappa shape index (κ1) is 12.0. The van der Waals surface area contributed by atoms with E-state index >= 15 is 0 Å². The largest absolute Gasteiger partial charge is 0.462 e. The Morgan fingerprint density at radius 3 is 2.93 bits per heavy atom. The van der Waals surface area contributed by atoms with E-state index in [0.717, 1.165) is 6.42 Å². The van der Waals surface area contributed by atoms with Crippen molar-refractivity contribution in [2.24, 2.45) is 0 Å². The minimum absolute atomic E-state index is 0.0783. The molecule has 86 valence electrons. The summed E-state index contributed by atoms with van der Waals surface area (Å²) in [6.07, 6.45) is 1.35. The molecule has 0 aromatic heterocycles. The van der Waals surface area contributed by atoms with Crippen LogP contribution in [0, 0.1) is 0 Å². The first-order valence-corrected chi connectivity index (χ1v) is 5.27. The van der Waals surface area contributed by atoms with Crippen LogP contribution in [-0.2, 0) is 14.3 Å². The van der Waals surface area contributed by atoms with Gasteiger partial charge in [-0.15, -0.1) is 0 Å². The van der Waals surface area contributed by atoms with Crippen molar-refractivity contribution < 1.29 is 14.3 Å². The Balaban J connectivity index is 2.06. The van der Waals surface area contributed by atoms with E-state index in [2.05, 4.69) is 10.6 Å². The molecular formula is C10H18N2O3. The summed E-state index contributed by atoms with van der Waals surface area (Å²) in [4.78, 5) is 22.0. The first-order valence-electron chi connectivity index (χ1n) is 5.27. The van der Waals surface area contributed by atoms with Crippen molar-refractivity contribution in [2.75, 3.05) is 13.1 Å². The molecular weight excluding hydrogens is 196 g/mol. The summed E-state index contributed by atoms with van der Waals surface area (Å²) in [6, 6.07) is 0.157. The number of amides is 1. The number of esters is 1. The van der Waals surface area contributed by atoms with Gasteiger partial charge in [-0.2, -0.15) is 0 Å². The third-order valence-corrected chi connectivity index (χ3v) is 2.11. The van der Waals surface area contributed by atoms with Gasteiger partial charge in [0.2, 0.25) is 5.91 Å². The Bertz CT molecular complexity index is 241. The van der Waals surface area contributed by atoms with Crippen LogP contribution in [0.25, 0.3) is 0 Å². The van der Waals surface area contributed by atoms with Crippen molar-refractivity contribution in [3.8, 4) is 0 Å². The van der Waals surface area contributed by atoms with Crippen LogP contribution in [0.5, 0.6) is 0 Å². The highest BCUT2D eigenvalue weighted by Gasteiger charge is 2.20. The standard InChI is InChI=1S/C10H18N2O3/c1-7(2)15-10(14)6-11-5-8-3-4-9(13)12-8/h7-8,11H,3-6H2,1-2H3,(H,12,13). The second-order valence-electron chi connectivity index (χ2n) is 3.97. The zero-order valence-corrected chi connectivity index (χ0v) is 9.21. The fourth-order valence-corrected chi connectivity index (χ4v) is 1.48. The predicted octanol–water partition coefficient (Wildman–Crippen LogP) is -0.194. The molecule has 0 radical (unpaired) electrons. The molecule has 0 saturated carbocycles. The van der Waals surface area contributed by atoms with Gasteiger partial charge in [-0.05, 0) is 20.3 Å². The molecule has 0 aliphatic carbocycles. The van der Waals surface area contributed by atoms with Crippen molar-refractivity contribution in [1.29, 1.82) is 0 Å². The zero-order chi connectivity index (χ0) is 11.3. The van der Waals surface area contributed by atoms with E-state index in [-0.39, 0.29) is 30.6 Å². The average molecular weight is 214 g/mol. The summed E-state index contributed by atoms with van der Waals surface area (Å²) in [6.45, 7) is 4.45. The maximum atomic E-state index is 11.1. The molecule has 1 rings (SSSR count). The zero-order valence-electron chi connectivity index (χ0n) is 9.21. The fourth-order valence-electron chi connectivity index (χ4n) is 1.48. The molecule has 0 aromatic rings. The summed E-state index contributed by atoms with van der Waals surface area (Å²) in [5.74, 6) is -0.166. The molecule has 1 aliphatic heterocycles. The summed E-state index contributed by atoms with van der Waals surface area (Å²) >= 11 is 0. The normalized spacial score (nSPS) is 20.5. The Morgan fingerprint density at radius 2 is 2.40 bits per heavy atom. The Labute approximate surface area is 89.6 Å². The summed E-state index contributed by atoms with van der Waals surface area (Å²) < 4.78 is 4.95. The van der Waals surface area contributed by atoms with Gasteiger partial charge < -0.3 is 15.4 Å². The molecule has 1 aliphatic rings. The number of nitrogens with one attached hydrogen (secondary N) is 2. The lowest BCUT2D eigenvalue weighted by Gasteiger charge is -2.12. The summed E-state index contributed by atoms with van der Waals surface area (Å²) in [7, 11) is 0. The molecule has 1 saturated heterocycles. The van der Waals surface area contributed by atoms with E-state index in [9.17, 15) is 9.59 Å². The Hall–Kier alpha value is -1.10. The van der Waals surface area contributed by atoms with Crippen LogP contribution in [0.3, 0.4) is 0 Å². The minimum Gasteiger partial charge on any atom is -0.462 e. The molecule has 1 unspecified atom stereocenters. The lowest BCUT2D eigenvalue weighted by molar-refractivity contribution is -0.146. The Morgan fingerprint density at radius 1 is 1.67 bits per heavy atom. The minimum atomic E-state index is -0.255. The number of rotatable bonds is 5. The smallest absolute Gasteiger partial charge is 0.320 e. The average Bonchev–Trinajstić information content (AvgIpc) is 2.50. The van der Waals surface area contributed by atoms with Crippen LogP contribution in [0.2, 0.25) is 0 Å². The quantitative estimate of drug-likeness (QED) is 0.622. The third-order valence-electron chi connectivity index (χ3n) is 2.11. The third kappa shape index (κ3) is 4.78. The summed E-state index contributed by atoms with van der Waals surface area (Å²) in [5.41, 5.74) is 0. The van der Waals surface area contributed by atoms with Gasteiger partial charge in [-0.25, -0.2) is 0 Å². The molecule has 15 heavy (non-hydrogen) atoms. The SMILES string of the molecule is CC(C)OC(=O)CNCC1CCC(=O)N1. The van der Waals surface area contributed by atoms with Gasteiger partial charge in [-0.1, -0.05) is 0 Å². The monoisotopic (exact) mass is 214 g/mol. The molecule has 1 atom stereocenters. The molecule has 0 aromatic carbocycles. The van der Waals surface area contributed by atoms with Crippen LogP contribution < -0.4 is 10.6 Å². The van der Waals surface area contributed by atoms with Gasteiger partial charge in [0.15, 0.2) is 0 Å². The number of ether oxygens (including phenoxy) is 1. The first-order chi connectivity index (χ1) is 7.08. The van der Waals surface area contributed by atoms with E-state index in [1.54, 1.807) is 0 Å².